The summed E-state index contributed by atoms with van der Waals surface area (Å²) in [5, 5.41) is 11.6. The number of carbonyl (C=O) groups excluding carboxylic acids is 1. The van der Waals surface area contributed by atoms with Crippen LogP contribution in [0.4, 0.5) is 0 Å². The number of ether oxygens (including phenoxy) is 2. The van der Waals surface area contributed by atoms with Gasteiger partial charge in [0.25, 0.3) is 0 Å². The molecule has 0 radical (unpaired) electrons. The molecule has 110 valence electrons. The first-order chi connectivity index (χ1) is 9.58. The van der Waals surface area contributed by atoms with E-state index in [9.17, 15) is 14.7 Å². The maximum Gasteiger partial charge on any atom is 0.326 e. The SMILES string of the molecule is CCOCC(=O)N[C@H](Cc1ccccc1OC)C(=O)O. The summed E-state index contributed by atoms with van der Waals surface area (Å²) in [7, 11) is 1.52. The molecule has 1 amide bonds. The molecule has 0 aliphatic rings. The number of hydrogen-bond acceptors (Lipinski definition) is 4. The van der Waals surface area contributed by atoms with Crippen molar-refractivity contribution in [1.82, 2.24) is 5.32 Å². The lowest BCUT2D eigenvalue weighted by Gasteiger charge is -2.16. The summed E-state index contributed by atoms with van der Waals surface area (Å²) in [6.45, 7) is 2.01. The number of carboxylic acid groups (broad SMARTS) is 1. The molecule has 0 heterocycles. The van der Waals surface area contributed by atoms with Crippen LogP contribution in [0.5, 0.6) is 5.75 Å². The van der Waals surface area contributed by atoms with Gasteiger partial charge in [-0.15, -0.1) is 0 Å². The lowest BCUT2D eigenvalue weighted by Crippen LogP contribution is -2.43. The molecule has 6 heteroatoms. The third-order valence-electron chi connectivity index (χ3n) is 2.69. The molecule has 2 N–H and O–H groups in total. The van der Waals surface area contributed by atoms with E-state index in [1.165, 1.54) is 7.11 Å². The summed E-state index contributed by atoms with van der Waals surface area (Å²) in [4.78, 5) is 22.7. The van der Waals surface area contributed by atoms with Gasteiger partial charge in [0.05, 0.1) is 7.11 Å². The van der Waals surface area contributed by atoms with E-state index in [2.05, 4.69) is 5.32 Å². The van der Waals surface area contributed by atoms with Crippen molar-refractivity contribution in [1.29, 1.82) is 0 Å². The summed E-state index contributed by atoms with van der Waals surface area (Å²) < 4.78 is 10.1. The Balaban J connectivity index is 2.72. The normalized spacial score (nSPS) is 11.7. The van der Waals surface area contributed by atoms with E-state index < -0.39 is 17.9 Å². The maximum absolute atomic E-state index is 11.5. The molecular weight excluding hydrogens is 262 g/mol. The van der Waals surface area contributed by atoms with Gasteiger partial charge in [0.1, 0.15) is 18.4 Å². The van der Waals surface area contributed by atoms with E-state index >= 15 is 0 Å². The second-order valence-electron chi connectivity index (χ2n) is 4.11. The Morgan fingerprint density at radius 1 is 1.35 bits per heavy atom. The highest BCUT2D eigenvalue weighted by atomic mass is 16.5. The van der Waals surface area contributed by atoms with Crippen LogP contribution < -0.4 is 10.1 Å². The molecule has 0 aliphatic heterocycles. The minimum Gasteiger partial charge on any atom is -0.496 e. The molecule has 6 nitrogen and oxygen atoms in total. The smallest absolute Gasteiger partial charge is 0.326 e. The quantitative estimate of drug-likeness (QED) is 0.737. The van der Waals surface area contributed by atoms with Gasteiger partial charge in [0.15, 0.2) is 0 Å². The molecule has 1 atom stereocenters. The summed E-state index contributed by atoms with van der Waals surface area (Å²) in [6.07, 6.45) is 0.150. The predicted molar refractivity (Wildman–Crippen MR) is 72.8 cm³/mol. The Hall–Kier alpha value is -2.08. The van der Waals surface area contributed by atoms with Crippen LogP contribution in [0.15, 0.2) is 24.3 Å². The van der Waals surface area contributed by atoms with Gasteiger partial charge in [-0.3, -0.25) is 4.79 Å². The van der Waals surface area contributed by atoms with Gasteiger partial charge >= 0.3 is 5.97 Å². The first-order valence-electron chi connectivity index (χ1n) is 6.30. The van der Waals surface area contributed by atoms with Crippen LogP contribution in [-0.4, -0.2) is 43.3 Å². The average molecular weight is 281 g/mol. The molecule has 0 saturated heterocycles. The van der Waals surface area contributed by atoms with Crippen LogP contribution in [0.3, 0.4) is 0 Å². The van der Waals surface area contributed by atoms with Crippen molar-refractivity contribution in [3.8, 4) is 5.75 Å². The second kappa shape index (κ2) is 8.16. The summed E-state index contributed by atoms with van der Waals surface area (Å²) in [6, 6.07) is 6.09. The number of nitrogens with one attached hydrogen (secondary N) is 1. The van der Waals surface area contributed by atoms with Crippen molar-refractivity contribution in [2.24, 2.45) is 0 Å². The van der Waals surface area contributed by atoms with E-state index in [0.29, 0.717) is 12.4 Å². The predicted octanol–water partition coefficient (Wildman–Crippen LogP) is 0.844. The lowest BCUT2D eigenvalue weighted by atomic mass is 10.0. The number of hydrogen-bond donors (Lipinski definition) is 2. The average Bonchev–Trinajstić information content (AvgIpc) is 2.44. The van der Waals surface area contributed by atoms with Gasteiger partial charge in [-0.2, -0.15) is 0 Å². The molecule has 0 fully saturated rings. The van der Waals surface area contributed by atoms with Gasteiger partial charge in [-0.1, -0.05) is 18.2 Å². The van der Waals surface area contributed by atoms with Crippen LogP contribution in [0.2, 0.25) is 0 Å². The summed E-state index contributed by atoms with van der Waals surface area (Å²) in [5.74, 6) is -0.951. The molecular formula is C14H19NO5. The number of benzene rings is 1. The highest BCUT2D eigenvalue weighted by molar-refractivity contribution is 5.84. The number of aliphatic carboxylic acids is 1. The molecule has 0 unspecified atom stereocenters. The molecule has 0 aromatic heterocycles. The Labute approximate surface area is 117 Å². The first-order valence-corrected chi connectivity index (χ1v) is 6.30. The van der Waals surface area contributed by atoms with Gasteiger partial charge in [-0.25, -0.2) is 4.79 Å². The summed E-state index contributed by atoms with van der Waals surface area (Å²) >= 11 is 0. The minimum atomic E-state index is -1.10. The van der Waals surface area contributed by atoms with E-state index in [0.717, 1.165) is 5.56 Å². The molecule has 0 saturated carbocycles. The van der Waals surface area contributed by atoms with Crippen LogP contribution >= 0.6 is 0 Å². The lowest BCUT2D eigenvalue weighted by molar-refractivity contribution is -0.142. The fraction of sp³-hybridized carbons (Fsp3) is 0.429. The van der Waals surface area contributed by atoms with Crippen molar-refractivity contribution in [2.45, 2.75) is 19.4 Å². The van der Waals surface area contributed by atoms with Gasteiger partial charge < -0.3 is 19.9 Å². The molecule has 1 aromatic carbocycles. The maximum atomic E-state index is 11.5. The summed E-state index contributed by atoms with van der Waals surface area (Å²) in [5.41, 5.74) is 0.721. The largest absolute Gasteiger partial charge is 0.496 e. The van der Waals surface area contributed by atoms with E-state index in [1.54, 1.807) is 31.2 Å². The van der Waals surface area contributed by atoms with Gasteiger partial charge in [-0.05, 0) is 18.6 Å². The van der Waals surface area contributed by atoms with Crippen molar-refractivity contribution in [2.75, 3.05) is 20.3 Å². The molecule has 20 heavy (non-hydrogen) atoms. The van der Waals surface area contributed by atoms with Crippen molar-refractivity contribution >= 4 is 11.9 Å². The zero-order valence-corrected chi connectivity index (χ0v) is 11.6. The van der Waals surface area contributed by atoms with E-state index in [4.69, 9.17) is 9.47 Å². The van der Waals surface area contributed by atoms with Crippen molar-refractivity contribution < 1.29 is 24.2 Å². The van der Waals surface area contributed by atoms with Gasteiger partial charge in [0, 0.05) is 13.0 Å². The fourth-order valence-electron chi connectivity index (χ4n) is 1.72. The number of carboxylic acids is 1. The zero-order chi connectivity index (χ0) is 15.0. The van der Waals surface area contributed by atoms with Crippen LogP contribution in [0.25, 0.3) is 0 Å². The van der Waals surface area contributed by atoms with E-state index in [-0.39, 0.29) is 13.0 Å². The topological polar surface area (TPSA) is 84.9 Å². The molecule has 0 bridgehead atoms. The molecule has 1 rings (SSSR count). The number of amides is 1. The van der Waals surface area contributed by atoms with Crippen LogP contribution in [0, 0.1) is 0 Å². The number of carbonyl (C=O) groups is 2. The highest BCUT2D eigenvalue weighted by Crippen LogP contribution is 2.19. The van der Waals surface area contributed by atoms with E-state index in [1.807, 2.05) is 0 Å². The van der Waals surface area contributed by atoms with Crippen LogP contribution in [0.1, 0.15) is 12.5 Å². The van der Waals surface area contributed by atoms with Crippen molar-refractivity contribution in [3.05, 3.63) is 29.8 Å². The zero-order valence-electron chi connectivity index (χ0n) is 11.6. The third-order valence-corrected chi connectivity index (χ3v) is 2.69. The molecule has 0 spiro atoms. The number of methoxy groups -OCH3 is 1. The fourth-order valence-corrected chi connectivity index (χ4v) is 1.72. The first kappa shape index (κ1) is 16.0. The standard InChI is InChI=1S/C14H19NO5/c1-3-20-9-13(16)15-11(14(17)18)8-10-6-4-5-7-12(10)19-2/h4-7,11H,3,8-9H2,1-2H3,(H,15,16)(H,17,18)/t11-/m1/s1. The van der Waals surface area contributed by atoms with Crippen molar-refractivity contribution in [3.63, 3.8) is 0 Å². The molecule has 1 aromatic rings. The Bertz CT molecular complexity index is 461. The Morgan fingerprint density at radius 2 is 2.05 bits per heavy atom. The monoisotopic (exact) mass is 281 g/mol. The second-order valence-corrected chi connectivity index (χ2v) is 4.11. The molecule has 0 aliphatic carbocycles. The number of para-hydroxylation sites is 1. The van der Waals surface area contributed by atoms with Gasteiger partial charge in [0.2, 0.25) is 5.91 Å². The minimum absolute atomic E-state index is 0.147. The van der Waals surface area contributed by atoms with Crippen LogP contribution in [-0.2, 0) is 20.7 Å². The highest BCUT2D eigenvalue weighted by Gasteiger charge is 2.21. The Kier molecular flexibility index (Phi) is 6.52. The third kappa shape index (κ3) is 4.89. The number of rotatable bonds is 8. The Morgan fingerprint density at radius 3 is 2.65 bits per heavy atom.